The molecule has 0 aliphatic carbocycles. The Hall–Kier alpha value is -3.93. The van der Waals surface area contributed by atoms with E-state index in [-0.39, 0.29) is 11.8 Å². The maximum absolute atomic E-state index is 12.3. The Morgan fingerprint density at radius 2 is 1.82 bits per heavy atom. The van der Waals surface area contributed by atoms with E-state index >= 15 is 0 Å². The first-order chi connectivity index (χ1) is 16.0. The number of aliphatic carboxylic acids is 1. The number of fused-ring (bicyclic) bond motifs is 1. The highest BCUT2D eigenvalue weighted by Gasteiger charge is 2.29. The van der Waals surface area contributed by atoms with Crippen LogP contribution in [0.4, 0.5) is 18.9 Å². The maximum atomic E-state index is 12.3. The number of nitrogens with two attached hydrogens (primary N) is 1. The summed E-state index contributed by atoms with van der Waals surface area (Å²) in [6, 6.07) is 12.8. The fourth-order valence-electron chi connectivity index (χ4n) is 3.59. The molecule has 2 heterocycles. The number of carboxylic acid groups (broad SMARTS) is 1. The molecule has 180 valence electrons. The average molecular weight is 477 g/mol. The van der Waals surface area contributed by atoms with Crippen LogP contribution < -0.4 is 21.1 Å². The van der Waals surface area contributed by atoms with Crippen molar-refractivity contribution in [3.63, 3.8) is 0 Å². The Balaban J connectivity index is 0.000000406. The molecule has 1 aliphatic heterocycles. The Morgan fingerprint density at radius 3 is 2.35 bits per heavy atom. The van der Waals surface area contributed by atoms with Gasteiger partial charge in [-0.15, -0.1) is 0 Å². The number of benzene rings is 2. The number of alkyl halides is 3. The van der Waals surface area contributed by atoms with Crippen LogP contribution in [0.2, 0.25) is 0 Å². The molecule has 0 spiro atoms. The molecule has 1 saturated heterocycles. The predicted molar refractivity (Wildman–Crippen MR) is 114 cm³/mol. The molecular weight excluding hydrogens is 455 g/mol. The summed E-state index contributed by atoms with van der Waals surface area (Å²) in [4.78, 5) is 34.1. The molecule has 1 aromatic heterocycles. The normalized spacial score (nSPS) is 17.6. The van der Waals surface area contributed by atoms with Crippen molar-refractivity contribution in [1.82, 2.24) is 9.78 Å². The van der Waals surface area contributed by atoms with Crippen molar-refractivity contribution in [2.45, 2.75) is 12.6 Å². The first-order valence-electron chi connectivity index (χ1n) is 10.2. The number of amides is 2. The third kappa shape index (κ3) is 5.90. The number of carboxylic acids is 1. The number of nitrogens with zero attached hydrogens (tertiary/aromatic N) is 2. The Morgan fingerprint density at radius 1 is 1.18 bits per heavy atom. The van der Waals surface area contributed by atoms with E-state index in [4.69, 9.17) is 15.6 Å². The fourth-order valence-corrected chi connectivity index (χ4v) is 3.59. The van der Waals surface area contributed by atoms with Gasteiger partial charge in [-0.2, -0.15) is 18.3 Å². The molecule has 2 aromatic carbocycles. The molecule has 4 N–H and O–H groups in total. The topological polar surface area (TPSA) is 135 Å². The number of likely N-dealkylation sites (tertiary alicyclic amines) is 1. The van der Waals surface area contributed by atoms with Gasteiger partial charge in [-0.3, -0.25) is 9.59 Å². The number of carbonyl (C=O) groups excluding carboxylic acids is 3. The first-order valence-corrected chi connectivity index (χ1v) is 10.2. The monoisotopic (exact) mass is 477 g/mol. The molecular formula is C22H22F3N5O4. The molecule has 12 heteroatoms. The highest BCUT2D eigenvalue weighted by molar-refractivity contribution is 6.04. The molecule has 9 nitrogen and oxygen atoms in total. The predicted octanol–water partition coefficient (Wildman–Crippen LogP) is -0.104. The summed E-state index contributed by atoms with van der Waals surface area (Å²) >= 11 is 0. The molecule has 1 aliphatic rings. The zero-order valence-corrected chi connectivity index (χ0v) is 18.1. The van der Waals surface area contributed by atoms with Crippen molar-refractivity contribution in [2.24, 2.45) is 11.7 Å². The lowest BCUT2D eigenvalue weighted by Gasteiger charge is -2.10. The lowest BCUT2D eigenvalue weighted by molar-refractivity contribution is -0.867. The van der Waals surface area contributed by atoms with E-state index in [1.807, 2.05) is 36.5 Å². The van der Waals surface area contributed by atoms with Crippen molar-refractivity contribution in [3.05, 3.63) is 54.2 Å². The number of halogens is 3. The summed E-state index contributed by atoms with van der Waals surface area (Å²) in [7, 11) is 2.11. The van der Waals surface area contributed by atoms with Gasteiger partial charge in [-0.1, -0.05) is 12.1 Å². The van der Waals surface area contributed by atoms with Gasteiger partial charge in [0, 0.05) is 23.7 Å². The second kappa shape index (κ2) is 9.91. The van der Waals surface area contributed by atoms with E-state index in [2.05, 4.69) is 17.5 Å². The van der Waals surface area contributed by atoms with Gasteiger partial charge >= 0.3 is 6.18 Å². The Labute approximate surface area is 191 Å². The van der Waals surface area contributed by atoms with Gasteiger partial charge in [-0.05, 0) is 30.3 Å². The van der Waals surface area contributed by atoms with Crippen molar-refractivity contribution >= 4 is 34.4 Å². The minimum Gasteiger partial charge on any atom is -0.542 e. The summed E-state index contributed by atoms with van der Waals surface area (Å²) in [5.41, 5.74) is 8.01. The molecule has 2 amide bonds. The van der Waals surface area contributed by atoms with Crippen LogP contribution in [0.3, 0.4) is 0 Å². The van der Waals surface area contributed by atoms with Gasteiger partial charge in [0.15, 0.2) is 0 Å². The maximum Gasteiger partial charge on any atom is 0.430 e. The second-order valence-electron chi connectivity index (χ2n) is 7.90. The average Bonchev–Trinajstić information content (AvgIpc) is 3.40. The number of nitrogens with one attached hydrogen (secondary N) is 2. The summed E-state index contributed by atoms with van der Waals surface area (Å²) in [5.74, 6) is -3.35. The van der Waals surface area contributed by atoms with Gasteiger partial charge in [0.2, 0.25) is 5.91 Å². The fraction of sp³-hybridized carbons (Fsp3) is 0.273. The zero-order chi connectivity index (χ0) is 25.0. The zero-order valence-electron chi connectivity index (χ0n) is 18.1. The Kier molecular flexibility index (Phi) is 7.20. The lowest BCUT2D eigenvalue weighted by Crippen LogP contribution is -3.07. The molecule has 0 saturated carbocycles. The van der Waals surface area contributed by atoms with Crippen LogP contribution in [0, 0.1) is 5.92 Å². The van der Waals surface area contributed by atoms with Crippen LogP contribution in [-0.4, -0.2) is 53.9 Å². The summed E-state index contributed by atoms with van der Waals surface area (Å²) in [6.07, 6.45) is -2.41. The number of carbonyl (C=O) groups is 3. The minimum absolute atomic E-state index is 0.0771. The second-order valence-corrected chi connectivity index (χ2v) is 7.90. The summed E-state index contributed by atoms with van der Waals surface area (Å²) in [5, 5.41) is 17.1. The standard InChI is InChI=1S/C20H21N5O2.C2HF3O2/c1-24-10-9-14(11-24)20(27)22-15-5-7-16(8-6-15)25-12-13-3-2-4-17(19(21)26)18(13)23-25;3-2(4,5)1(6)7/h2-8,12,14H,9-11H2,1H3,(H2,21,26)(H,22,27);(H,6,7)/t14-;/m1./s1. The van der Waals surface area contributed by atoms with E-state index in [0.717, 1.165) is 36.3 Å². The molecule has 0 radical (unpaired) electrons. The molecule has 1 unspecified atom stereocenters. The Bertz CT molecular complexity index is 1210. The van der Waals surface area contributed by atoms with E-state index < -0.39 is 18.1 Å². The highest BCUT2D eigenvalue weighted by atomic mass is 19.4. The third-order valence-corrected chi connectivity index (χ3v) is 5.32. The van der Waals surface area contributed by atoms with Crippen LogP contribution >= 0.6 is 0 Å². The third-order valence-electron chi connectivity index (χ3n) is 5.32. The summed E-state index contributed by atoms with van der Waals surface area (Å²) < 4.78 is 33.3. The molecule has 0 bridgehead atoms. The van der Waals surface area contributed by atoms with Crippen molar-refractivity contribution < 1.29 is 37.6 Å². The van der Waals surface area contributed by atoms with Gasteiger partial charge in [-0.25, -0.2) is 4.68 Å². The van der Waals surface area contributed by atoms with E-state index in [0.29, 0.717) is 11.1 Å². The number of aromatic nitrogens is 2. The molecule has 1 fully saturated rings. The number of anilines is 1. The van der Waals surface area contributed by atoms with Crippen LogP contribution in [-0.2, 0) is 9.59 Å². The largest absolute Gasteiger partial charge is 0.542 e. The van der Waals surface area contributed by atoms with Gasteiger partial charge in [0.25, 0.3) is 5.91 Å². The van der Waals surface area contributed by atoms with Crippen LogP contribution in [0.15, 0.2) is 48.7 Å². The van der Waals surface area contributed by atoms with Crippen molar-refractivity contribution in [2.75, 3.05) is 25.5 Å². The van der Waals surface area contributed by atoms with Gasteiger partial charge in [0.05, 0.1) is 37.3 Å². The van der Waals surface area contributed by atoms with Crippen molar-refractivity contribution in [1.29, 1.82) is 0 Å². The van der Waals surface area contributed by atoms with E-state index in [1.165, 1.54) is 4.90 Å². The molecule has 4 rings (SSSR count). The number of rotatable bonds is 4. The van der Waals surface area contributed by atoms with E-state index in [9.17, 15) is 22.8 Å². The molecule has 3 aromatic rings. The minimum atomic E-state index is -5.19. The van der Waals surface area contributed by atoms with Crippen LogP contribution in [0.25, 0.3) is 16.6 Å². The summed E-state index contributed by atoms with van der Waals surface area (Å²) in [6.45, 7) is 1.92. The smallest absolute Gasteiger partial charge is 0.430 e. The van der Waals surface area contributed by atoms with E-state index in [1.54, 1.807) is 16.8 Å². The number of hydrogen-bond acceptors (Lipinski definition) is 5. The molecule has 2 atom stereocenters. The van der Waals surface area contributed by atoms with Gasteiger partial charge in [0.1, 0.15) is 11.5 Å². The number of hydrogen-bond donors (Lipinski definition) is 3. The van der Waals surface area contributed by atoms with Crippen LogP contribution in [0.1, 0.15) is 16.8 Å². The quantitative estimate of drug-likeness (QED) is 0.482. The highest BCUT2D eigenvalue weighted by Crippen LogP contribution is 2.21. The number of primary amides is 1. The SMILES string of the molecule is C[NH+]1CC[C@@H](C(=O)Nc2ccc(-n3cc4cccc(C(N)=O)c4n3)cc2)C1.O=C([O-])C(F)(F)F. The molecule has 34 heavy (non-hydrogen) atoms. The van der Waals surface area contributed by atoms with Gasteiger partial charge < -0.3 is 25.9 Å². The van der Waals surface area contributed by atoms with Crippen molar-refractivity contribution in [3.8, 4) is 5.69 Å². The first kappa shape index (κ1) is 24.7. The number of quaternary nitrogens is 1. The van der Waals surface area contributed by atoms with Crippen LogP contribution in [0.5, 0.6) is 0 Å². The lowest BCUT2D eigenvalue weighted by atomic mass is 10.1.